The Morgan fingerprint density at radius 3 is 3.15 bits per heavy atom. The van der Waals surface area contributed by atoms with Crippen molar-refractivity contribution in [3.63, 3.8) is 0 Å². The number of fused-ring (bicyclic) bond motifs is 1. The molecular weight excluding hydrogens is 272 g/mol. The zero-order chi connectivity index (χ0) is 13.7. The maximum absolute atomic E-state index is 12.6. The lowest BCUT2D eigenvalue weighted by atomic mass is 10.1. The number of nitrogens with two attached hydrogens (primary N) is 1. The van der Waals surface area contributed by atoms with Gasteiger partial charge in [-0.1, -0.05) is 0 Å². The zero-order valence-electron chi connectivity index (χ0n) is 11.1. The highest BCUT2D eigenvalue weighted by Crippen LogP contribution is 2.42. The lowest BCUT2D eigenvalue weighted by Gasteiger charge is -2.26. The fourth-order valence-corrected chi connectivity index (χ4v) is 3.67. The van der Waals surface area contributed by atoms with Gasteiger partial charge in [0.15, 0.2) is 5.69 Å². The number of aromatic nitrogens is 2. The number of carbonyl (C=O) groups excluding carboxylic acids is 1. The summed E-state index contributed by atoms with van der Waals surface area (Å²) in [5.41, 5.74) is 9.23. The second-order valence-corrected chi connectivity index (χ2v) is 6.52. The third kappa shape index (κ3) is 1.83. The minimum Gasteiger partial charge on any atom is -0.395 e. The highest BCUT2D eigenvalue weighted by Gasteiger charge is 2.32. The number of rotatable bonds is 2. The van der Waals surface area contributed by atoms with Crippen LogP contribution < -0.4 is 5.73 Å². The fourth-order valence-electron chi connectivity index (χ4n) is 2.78. The highest BCUT2D eigenvalue weighted by molar-refractivity contribution is 7.10. The molecule has 0 atom stereocenters. The van der Waals surface area contributed by atoms with Gasteiger partial charge in [0, 0.05) is 23.9 Å². The number of thiophene rings is 1. The summed E-state index contributed by atoms with van der Waals surface area (Å²) in [6.45, 7) is 1.42. The molecule has 1 amide bonds. The molecule has 0 unspecified atom stereocenters. The van der Waals surface area contributed by atoms with Gasteiger partial charge in [-0.25, -0.2) is 0 Å². The second-order valence-electron chi connectivity index (χ2n) is 5.52. The van der Waals surface area contributed by atoms with Crippen LogP contribution in [-0.2, 0) is 13.0 Å². The number of H-pyrrole nitrogens is 1. The molecule has 3 heterocycles. The van der Waals surface area contributed by atoms with Crippen LogP contribution in [0.1, 0.15) is 45.4 Å². The number of hydrogen-bond donors (Lipinski definition) is 2. The van der Waals surface area contributed by atoms with E-state index in [1.165, 1.54) is 10.4 Å². The van der Waals surface area contributed by atoms with Crippen LogP contribution in [0.2, 0.25) is 0 Å². The topological polar surface area (TPSA) is 75.0 Å². The van der Waals surface area contributed by atoms with Crippen molar-refractivity contribution in [1.29, 1.82) is 0 Å². The number of nitrogen functional groups attached to an aromatic ring is 1. The maximum Gasteiger partial charge on any atom is 0.276 e. The van der Waals surface area contributed by atoms with Gasteiger partial charge in [0.25, 0.3) is 5.91 Å². The summed E-state index contributed by atoms with van der Waals surface area (Å²) in [7, 11) is 0. The summed E-state index contributed by atoms with van der Waals surface area (Å²) in [5, 5.41) is 9.20. The lowest BCUT2D eigenvalue weighted by molar-refractivity contribution is 0.0731. The average molecular weight is 288 g/mol. The third-order valence-electron chi connectivity index (χ3n) is 4.12. The molecule has 6 heteroatoms. The second kappa shape index (κ2) is 4.34. The number of hydrogen-bond acceptors (Lipinski definition) is 4. The highest BCUT2D eigenvalue weighted by atomic mass is 32.1. The third-order valence-corrected chi connectivity index (χ3v) is 5.14. The van der Waals surface area contributed by atoms with Crippen LogP contribution in [0.4, 0.5) is 5.69 Å². The first-order valence-corrected chi connectivity index (χ1v) is 7.80. The molecule has 2 aliphatic rings. The molecular formula is C14H16N4OS. The molecule has 0 spiro atoms. The summed E-state index contributed by atoms with van der Waals surface area (Å²) >= 11 is 1.77. The van der Waals surface area contributed by atoms with Crippen LogP contribution in [0.25, 0.3) is 0 Å². The van der Waals surface area contributed by atoms with Gasteiger partial charge < -0.3 is 10.6 Å². The first kappa shape index (κ1) is 12.0. The Kier molecular flexibility index (Phi) is 2.60. The molecule has 2 aromatic heterocycles. The van der Waals surface area contributed by atoms with E-state index in [-0.39, 0.29) is 5.91 Å². The van der Waals surface area contributed by atoms with Gasteiger partial charge in [-0.3, -0.25) is 9.89 Å². The van der Waals surface area contributed by atoms with Crippen molar-refractivity contribution in [3.05, 3.63) is 33.3 Å². The molecule has 0 aromatic carbocycles. The average Bonchev–Trinajstić information content (AvgIpc) is 3.06. The number of nitrogens with one attached hydrogen (secondary N) is 1. The minimum atomic E-state index is -0.0532. The van der Waals surface area contributed by atoms with E-state index in [0.717, 1.165) is 31.5 Å². The molecule has 0 saturated heterocycles. The molecule has 4 rings (SSSR count). The quantitative estimate of drug-likeness (QED) is 0.889. The molecule has 1 saturated carbocycles. The van der Waals surface area contributed by atoms with Crippen molar-refractivity contribution < 1.29 is 4.79 Å². The summed E-state index contributed by atoms with van der Waals surface area (Å²) < 4.78 is 0. The van der Waals surface area contributed by atoms with Crippen LogP contribution in [0.15, 0.2) is 11.4 Å². The van der Waals surface area contributed by atoms with Crippen LogP contribution in [-0.4, -0.2) is 27.5 Å². The standard InChI is InChI=1S/C14H16N4OS/c15-11-12(8-1-2-8)16-17-13(11)14(19)18-5-3-10-9(7-18)4-6-20-10/h4,6,8H,1-3,5,7,15H2,(H,16,17). The van der Waals surface area contributed by atoms with Crippen LogP contribution in [0, 0.1) is 0 Å². The van der Waals surface area contributed by atoms with E-state index in [1.54, 1.807) is 11.3 Å². The fraction of sp³-hybridized carbons (Fsp3) is 0.429. The van der Waals surface area contributed by atoms with E-state index in [4.69, 9.17) is 5.73 Å². The van der Waals surface area contributed by atoms with Crippen molar-refractivity contribution >= 4 is 22.9 Å². The minimum absolute atomic E-state index is 0.0532. The van der Waals surface area contributed by atoms with Crippen molar-refractivity contribution in [3.8, 4) is 0 Å². The molecule has 0 radical (unpaired) electrons. The molecule has 1 aliphatic carbocycles. The van der Waals surface area contributed by atoms with Gasteiger partial charge in [-0.2, -0.15) is 5.10 Å². The smallest absolute Gasteiger partial charge is 0.276 e. The monoisotopic (exact) mass is 288 g/mol. The van der Waals surface area contributed by atoms with E-state index in [1.807, 2.05) is 4.90 Å². The first-order valence-electron chi connectivity index (χ1n) is 6.92. The van der Waals surface area contributed by atoms with Crippen molar-refractivity contribution in [2.24, 2.45) is 0 Å². The van der Waals surface area contributed by atoms with Crippen molar-refractivity contribution in [1.82, 2.24) is 15.1 Å². The molecule has 0 bridgehead atoms. The Morgan fingerprint density at radius 2 is 2.35 bits per heavy atom. The Bertz CT molecular complexity index is 671. The molecule has 104 valence electrons. The normalized spacial score (nSPS) is 18.1. The van der Waals surface area contributed by atoms with Gasteiger partial charge in [0.2, 0.25) is 0 Å². The van der Waals surface area contributed by atoms with Gasteiger partial charge in [-0.15, -0.1) is 11.3 Å². The number of anilines is 1. The Morgan fingerprint density at radius 1 is 1.50 bits per heavy atom. The number of nitrogens with zero attached hydrogens (tertiary/aromatic N) is 2. The van der Waals surface area contributed by atoms with Crippen LogP contribution in [0.5, 0.6) is 0 Å². The predicted octanol–water partition coefficient (Wildman–Crippen LogP) is 2.13. The van der Waals surface area contributed by atoms with E-state index in [9.17, 15) is 4.79 Å². The zero-order valence-corrected chi connectivity index (χ0v) is 11.9. The first-order chi connectivity index (χ1) is 9.74. The molecule has 1 fully saturated rings. The van der Waals surface area contributed by atoms with Gasteiger partial charge in [-0.05, 0) is 36.3 Å². The van der Waals surface area contributed by atoms with Crippen LogP contribution >= 0.6 is 11.3 Å². The van der Waals surface area contributed by atoms with Crippen molar-refractivity contribution in [2.45, 2.75) is 31.7 Å². The molecule has 3 N–H and O–H groups in total. The Balaban J connectivity index is 1.59. The largest absolute Gasteiger partial charge is 0.395 e. The van der Waals surface area contributed by atoms with E-state index >= 15 is 0 Å². The number of carbonyl (C=O) groups is 1. The molecule has 1 aliphatic heterocycles. The molecule has 5 nitrogen and oxygen atoms in total. The molecule has 2 aromatic rings. The number of amides is 1. The van der Waals surface area contributed by atoms with Gasteiger partial charge in [0.1, 0.15) is 0 Å². The molecule has 20 heavy (non-hydrogen) atoms. The summed E-state index contributed by atoms with van der Waals surface area (Å²) in [6, 6.07) is 2.10. The van der Waals surface area contributed by atoms with Crippen LogP contribution in [0.3, 0.4) is 0 Å². The Hall–Kier alpha value is -1.82. The summed E-state index contributed by atoms with van der Waals surface area (Å²) in [4.78, 5) is 15.8. The van der Waals surface area contributed by atoms with Gasteiger partial charge >= 0.3 is 0 Å². The van der Waals surface area contributed by atoms with E-state index in [2.05, 4.69) is 21.6 Å². The van der Waals surface area contributed by atoms with E-state index < -0.39 is 0 Å². The summed E-state index contributed by atoms with van der Waals surface area (Å²) in [6.07, 6.45) is 3.21. The van der Waals surface area contributed by atoms with Crippen molar-refractivity contribution in [2.75, 3.05) is 12.3 Å². The van der Waals surface area contributed by atoms with E-state index in [0.29, 0.717) is 23.8 Å². The maximum atomic E-state index is 12.6. The summed E-state index contributed by atoms with van der Waals surface area (Å²) in [5.74, 6) is 0.427. The Labute approximate surface area is 120 Å². The lowest BCUT2D eigenvalue weighted by Crippen LogP contribution is -2.35. The number of aromatic amines is 1. The predicted molar refractivity (Wildman–Crippen MR) is 77.7 cm³/mol. The SMILES string of the molecule is Nc1c(C(=O)N2CCc3sccc3C2)n[nH]c1C1CC1. The van der Waals surface area contributed by atoms with Gasteiger partial charge in [0.05, 0.1) is 11.4 Å².